The summed E-state index contributed by atoms with van der Waals surface area (Å²) in [7, 11) is 0. The smallest absolute Gasteiger partial charge is 0.321 e. The van der Waals surface area contributed by atoms with E-state index in [0.717, 1.165) is 37.2 Å². The van der Waals surface area contributed by atoms with E-state index in [0.29, 0.717) is 24.4 Å². The number of carbonyl (C=O) groups excluding carboxylic acids is 2. The largest absolute Gasteiger partial charge is 0.351 e. The van der Waals surface area contributed by atoms with Crippen LogP contribution in [0.4, 0.5) is 10.7 Å². The average molecular weight is 437 g/mol. The van der Waals surface area contributed by atoms with Gasteiger partial charge in [0.25, 0.3) is 11.9 Å². The first kappa shape index (κ1) is 21.7. The number of hydrogen-bond donors (Lipinski definition) is 3. The molecule has 0 unspecified atom stereocenters. The Hall–Kier alpha value is -3.53. The van der Waals surface area contributed by atoms with Gasteiger partial charge in [0.15, 0.2) is 5.65 Å². The Balaban J connectivity index is 1.56. The summed E-state index contributed by atoms with van der Waals surface area (Å²) in [5, 5.41) is 12.6. The maximum Gasteiger partial charge on any atom is 0.321 e. The Labute approximate surface area is 186 Å². The van der Waals surface area contributed by atoms with Gasteiger partial charge in [-0.15, -0.1) is 5.10 Å². The first-order chi connectivity index (χ1) is 15.6. The van der Waals surface area contributed by atoms with Crippen LogP contribution in [0.1, 0.15) is 36.7 Å². The van der Waals surface area contributed by atoms with Crippen LogP contribution in [-0.4, -0.2) is 69.1 Å². The fourth-order valence-corrected chi connectivity index (χ4v) is 3.81. The van der Waals surface area contributed by atoms with E-state index in [-0.39, 0.29) is 11.9 Å². The summed E-state index contributed by atoms with van der Waals surface area (Å²) in [6.45, 7) is 6.14. The number of nitrogens with one attached hydrogen (secondary N) is 3. The highest BCUT2D eigenvalue weighted by Gasteiger charge is 2.17. The number of urea groups is 1. The van der Waals surface area contributed by atoms with Crippen molar-refractivity contribution in [3.05, 3.63) is 42.4 Å². The first-order valence-electron chi connectivity index (χ1n) is 11.0. The molecule has 0 aromatic carbocycles. The van der Waals surface area contributed by atoms with Crippen molar-refractivity contribution >= 4 is 23.5 Å². The molecular weight excluding hydrogens is 408 g/mol. The van der Waals surface area contributed by atoms with Crippen molar-refractivity contribution < 1.29 is 9.59 Å². The average Bonchev–Trinajstić information content (AvgIpc) is 3.46. The van der Waals surface area contributed by atoms with Crippen LogP contribution in [0.15, 0.2) is 36.7 Å². The number of hydrogen-bond acceptors (Lipinski definition) is 6. The standard InChI is InChI=1S/C22H28N8O2/c1-2-24-22(32)27-21-26-19-14-17(16-7-5-8-23-15-16)13-18(30(19)28-21)20(31)25-9-6-12-29-10-3-4-11-29/h5,7-8,13-15H,2-4,6,9-12H2,1H3,(H,25,31)(H2,24,27,28,32). The van der Waals surface area contributed by atoms with E-state index in [1.54, 1.807) is 18.5 Å². The number of aromatic nitrogens is 4. The zero-order valence-electron chi connectivity index (χ0n) is 18.2. The van der Waals surface area contributed by atoms with Gasteiger partial charge in [-0.05, 0) is 69.6 Å². The quantitative estimate of drug-likeness (QED) is 0.466. The van der Waals surface area contributed by atoms with E-state index < -0.39 is 6.03 Å². The summed E-state index contributed by atoms with van der Waals surface area (Å²) in [6, 6.07) is 6.94. The second-order valence-electron chi connectivity index (χ2n) is 7.72. The lowest BCUT2D eigenvalue weighted by atomic mass is 10.1. The van der Waals surface area contributed by atoms with Crippen LogP contribution in [0.3, 0.4) is 0 Å². The lowest BCUT2D eigenvalue weighted by molar-refractivity contribution is 0.0944. The van der Waals surface area contributed by atoms with Gasteiger partial charge in [-0.3, -0.25) is 15.1 Å². The minimum atomic E-state index is -0.399. The Morgan fingerprint density at radius 2 is 1.97 bits per heavy atom. The third-order valence-electron chi connectivity index (χ3n) is 5.36. The van der Waals surface area contributed by atoms with Crippen molar-refractivity contribution in [3.8, 4) is 11.1 Å². The summed E-state index contributed by atoms with van der Waals surface area (Å²) in [5.41, 5.74) is 2.46. The Bertz CT molecular complexity index is 1080. The monoisotopic (exact) mass is 436 g/mol. The molecule has 0 saturated carbocycles. The minimum absolute atomic E-state index is 0.127. The van der Waals surface area contributed by atoms with Crippen molar-refractivity contribution in [1.29, 1.82) is 0 Å². The molecule has 3 amide bonds. The number of rotatable bonds is 8. The van der Waals surface area contributed by atoms with E-state index in [1.165, 1.54) is 17.4 Å². The molecule has 4 rings (SSSR count). The predicted molar refractivity (Wildman–Crippen MR) is 122 cm³/mol. The fraction of sp³-hybridized carbons (Fsp3) is 0.409. The first-order valence-corrected chi connectivity index (χ1v) is 11.0. The van der Waals surface area contributed by atoms with Crippen molar-refractivity contribution in [2.75, 3.05) is 38.0 Å². The third kappa shape index (κ3) is 5.20. The number of amides is 3. The molecular formula is C22H28N8O2. The van der Waals surface area contributed by atoms with Crippen LogP contribution in [0.2, 0.25) is 0 Å². The zero-order chi connectivity index (χ0) is 22.3. The molecule has 3 aromatic heterocycles. The second kappa shape index (κ2) is 10.2. The molecule has 4 heterocycles. The lowest BCUT2D eigenvalue weighted by Gasteiger charge is -2.14. The highest BCUT2D eigenvalue weighted by molar-refractivity contribution is 5.95. The maximum absolute atomic E-state index is 13.0. The van der Waals surface area contributed by atoms with Crippen LogP contribution >= 0.6 is 0 Å². The third-order valence-corrected chi connectivity index (χ3v) is 5.36. The lowest BCUT2D eigenvalue weighted by Crippen LogP contribution is -2.30. The van der Waals surface area contributed by atoms with E-state index in [4.69, 9.17) is 0 Å². The van der Waals surface area contributed by atoms with Gasteiger partial charge in [0, 0.05) is 31.0 Å². The molecule has 0 radical (unpaired) electrons. The molecule has 10 heteroatoms. The Morgan fingerprint density at radius 3 is 2.72 bits per heavy atom. The van der Waals surface area contributed by atoms with Gasteiger partial charge >= 0.3 is 6.03 Å². The molecule has 3 aromatic rings. The number of pyridine rings is 2. The van der Waals surface area contributed by atoms with Gasteiger partial charge in [-0.1, -0.05) is 6.07 Å². The van der Waals surface area contributed by atoms with Gasteiger partial charge in [-0.2, -0.15) is 4.98 Å². The van der Waals surface area contributed by atoms with Crippen LogP contribution < -0.4 is 16.0 Å². The molecule has 32 heavy (non-hydrogen) atoms. The zero-order valence-corrected chi connectivity index (χ0v) is 18.2. The predicted octanol–water partition coefficient (Wildman–Crippen LogP) is 2.15. The summed E-state index contributed by atoms with van der Waals surface area (Å²) >= 11 is 0. The number of fused-ring (bicyclic) bond motifs is 1. The number of carbonyl (C=O) groups is 2. The van der Waals surface area contributed by atoms with Gasteiger partial charge in [0.1, 0.15) is 5.69 Å². The fourth-order valence-electron chi connectivity index (χ4n) is 3.81. The second-order valence-corrected chi connectivity index (χ2v) is 7.72. The summed E-state index contributed by atoms with van der Waals surface area (Å²) in [4.78, 5) is 35.9. The van der Waals surface area contributed by atoms with E-state index in [9.17, 15) is 9.59 Å². The van der Waals surface area contributed by atoms with Crippen LogP contribution in [-0.2, 0) is 0 Å². The molecule has 1 fully saturated rings. The van der Waals surface area contributed by atoms with Crippen molar-refractivity contribution in [1.82, 2.24) is 35.1 Å². The van der Waals surface area contributed by atoms with Crippen molar-refractivity contribution in [2.24, 2.45) is 0 Å². The topological polar surface area (TPSA) is 117 Å². The number of nitrogens with zero attached hydrogens (tertiary/aromatic N) is 5. The number of anilines is 1. The molecule has 168 valence electrons. The van der Waals surface area contributed by atoms with Crippen molar-refractivity contribution in [2.45, 2.75) is 26.2 Å². The molecule has 1 saturated heterocycles. The molecule has 0 aliphatic carbocycles. The Morgan fingerprint density at radius 1 is 1.12 bits per heavy atom. The normalized spacial score (nSPS) is 13.9. The molecule has 0 bridgehead atoms. The van der Waals surface area contributed by atoms with Crippen LogP contribution in [0, 0.1) is 0 Å². The maximum atomic E-state index is 13.0. The van der Waals surface area contributed by atoms with Crippen LogP contribution in [0.25, 0.3) is 16.8 Å². The summed E-state index contributed by atoms with van der Waals surface area (Å²) in [6.07, 6.45) is 6.82. The molecule has 0 spiro atoms. The Kier molecular flexibility index (Phi) is 6.90. The van der Waals surface area contributed by atoms with Gasteiger partial charge < -0.3 is 15.5 Å². The molecule has 10 nitrogen and oxygen atoms in total. The molecule has 1 aliphatic heterocycles. The van der Waals surface area contributed by atoms with Gasteiger partial charge in [-0.25, -0.2) is 9.31 Å². The van der Waals surface area contributed by atoms with Crippen molar-refractivity contribution in [3.63, 3.8) is 0 Å². The molecule has 3 N–H and O–H groups in total. The van der Waals surface area contributed by atoms with E-state index >= 15 is 0 Å². The summed E-state index contributed by atoms with van der Waals surface area (Å²) in [5.74, 6) is -0.112. The number of likely N-dealkylation sites (tertiary alicyclic amines) is 1. The molecule has 1 aliphatic rings. The molecule has 0 atom stereocenters. The van der Waals surface area contributed by atoms with E-state index in [2.05, 4.69) is 35.9 Å². The SMILES string of the molecule is CCNC(=O)Nc1nc2cc(-c3cccnc3)cc(C(=O)NCCCN3CCCC3)n2n1. The van der Waals surface area contributed by atoms with Gasteiger partial charge in [0.2, 0.25) is 0 Å². The van der Waals surface area contributed by atoms with Gasteiger partial charge in [0.05, 0.1) is 0 Å². The van der Waals surface area contributed by atoms with E-state index in [1.807, 2.05) is 25.1 Å². The highest BCUT2D eigenvalue weighted by atomic mass is 16.2. The highest BCUT2D eigenvalue weighted by Crippen LogP contribution is 2.22. The van der Waals surface area contributed by atoms with Crippen LogP contribution in [0.5, 0.6) is 0 Å². The minimum Gasteiger partial charge on any atom is -0.351 e. The summed E-state index contributed by atoms with van der Waals surface area (Å²) < 4.78 is 1.46.